The molecule has 1 amide bonds. The maximum atomic E-state index is 11.9. The normalized spacial score (nSPS) is 23.6. The largest absolute Gasteiger partial charge is 0.481 e. The molecule has 1 aliphatic carbocycles. The van der Waals surface area contributed by atoms with Gasteiger partial charge in [0.15, 0.2) is 0 Å². The van der Waals surface area contributed by atoms with Crippen molar-refractivity contribution in [1.82, 2.24) is 10.2 Å². The van der Waals surface area contributed by atoms with Crippen molar-refractivity contribution in [1.29, 1.82) is 0 Å². The third-order valence-corrected chi connectivity index (χ3v) is 3.20. The summed E-state index contributed by atoms with van der Waals surface area (Å²) in [6, 6.07) is 0.0952. The van der Waals surface area contributed by atoms with Crippen LogP contribution < -0.4 is 5.32 Å². The first kappa shape index (κ1) is 12.5. The number of carboxylic acid groups (broad SMARTS) is 1. The zero-order valence-corrected chi connectivity index (χ0v) is 10.0. The molecule has 1 fully saturated rings. The Hall–Kier alpha value is -1.92. The van der Waals surface area contributed by atoms with Crippen LogP contribution in [0.1, 0.15) is 31.6 Å². The monoisotopic (exact) mass is 253 g/mol. The summed E-state index contributed by atoms with van der Waals surface area (Å²) in [7, 11) is 0. The molecule has 1 heterocycles. The number of aromatic nitrogens is 2. The van der Waals surface area contributed by atoms with E-state index >= 15 is 0 Å². The second-order valence-corrected chi connectivity index (χ2v) is 4.50. The molecule has 0 bridgehead atoms. The van der Waals surface area contributed by atoms with Crippen LogP contribution in [-0.2, 0) is 9.59 Å². The Morgan fingerprint density at radius 3 is 2.33 bits per heavy atom. The minimum Gasteiger partial charge on any atom is -0.481 e. The molecule has 98 valence electrons. The van der Waals surface area contributed by atoms with Gasteiger partial charge in [0, 0.05) is 12.8 Å². The van der Waals surface area contributed by atoms with Gasteiger partial charge in [0.1, 0.15) is 0 Å². The summed E-state index contributed by atoms with van der Waals surface area (Å²) >= 11 is 0. The molecule has 1 aromatic heterocycles. The lowest BCUT2D eigenvalue weighted by atomic mass is 9.81. The summed E-state index contributed by atoms with van der Waals surface area (Å²) in [5, 5.41) is 18.7. The number of aliphatic carboxylic acids is 1. The summed E-state index contributed by atoms with van der Waals surface area (Å²) < 4.78 is 5.06. The van der Waals surface area contributed by atoms with E-state index in [1.165, 1.54) is 0 Å². The number of hydrogen-bond donors (Lipinski definition) is 2. The van der Waals surface area contributed by atoms with E-state index in [1.807, 2.05) is 0 Å². The molecule has 0 atom stereocenters. The lowest BCUT2D eigenvalue weighted by molar-refractivity contribution is -0.143. The fraction of sp³-hybridized carbons (Fsp3) is 0.636. The molecule has 0 spiro atoms. The smallest absolute Gasteiger partial charge is 0.322 e. The SMILES string of the molecule is Cc1nnc(NC(=O)C2CCC(C(=O)O)CC2)o1. The van der Waals surface area contributed by atoms with Gasteiger partial charge in [-0.05, 0) is 25.7 Å². The first-order valence-electron chi connectivity index (χ1n) is 5.90. The predicted octanol–water partition coefficient (Wildman–Crippen LogP) is 1.21. The second kappa shape index (κ2) is 5.16. The number of carboxylic acids is 1. The molecule has 2 rings (SSSR count). The first-order chi connectivity index (χ1) is 8.56. The Morgan fingerprint density at radius 2 is 1.83 bits per heavy atom. The fourth-order valence-corrected chi connectivity index (χ4v) is 2.16. The van der Waals surface area contributed by atoms with E-state index in [1.54, 1.807) is 6.92 Å². The average Bonchev–Trinajstić information content (AvgIpc) is 2.75. The number of aryl methyl sites for hydroxylation is 1. The number of rotatable bonds is 3. The van der Waals surface area contributed by atoms with E-state index in [0.29, 0.717) is 31.6 Å². The molecule has 0 unspecified atom stereocenters. The topological polar surface area (TPSA) is 105 Å². The highest BCUT2D eigenvalue weighted by atomic mass is 16.4. The molecule has 0 aliphatic heterocycles. The molecule has 7 nitrogen and oxygen atoms in total. The Morgan fingerprint density at radius 1 is 1.22 bits per heavy atom. The number of carbonyl (C=O) groups excluding carboxylic acids is 1. The van der Waals surface area contributed by atoms with E-state index < -0.39 is 5.97 Å². The van der Waals surface area contributed by atoms with Crippen LogP contribution >= 0.6 is 0 Å². The van der Waals surface area contributed by atoms with E-state index in [4.69, 9.17) is 9.52 Å². The van der Waals surface area contributed by atoms with Gasteiger partial charge < -0.3 is 9.52 Å². The van der Waals surface area contributed by atoms with Crippen molar-refractivity contribution >= 4 is 17.9 Å². The van der Waals surface area contributed by atoms with E-state index in [9.17, 15) is 9.59 Å². The third kappa shape index (κ3) is 2.85. The lowest BCUT2D eigenvalue weighted by Gasteiger charge is -2.24. The van der Waals surface area contributed by atoms with Gasteiger partial charge in [0.05, 0.1) is 5.92 Å². The molecule has 18 heavy (non-hydrogen) atoms. The Balaban J connectivity index is 1.86. The van der Waals surface area contributed by atoms with Gasteiger partial charge in [0.2, 0.25) is 11.8 Å². The number of carbonyl (C=O) groups is 2. The van der Waals surface area contributed by atoms with Crippen molar-refractivity contribution in [3.8, 4) is 0 Å². The van der Waals surface area contributed by atoms with Crippen LogP contribution in [0, 0.1) is 18.8 Å². The van der Waals surface area contributed by atoms with Crippen molar-refractivity contribution in [2.75, 3.05) is 5.32 Å². The van der Waals surface area contributed by atoms with Gasteiger partial charge in [-0.1, -0.05) is 5.10 Å². The molecule has 0 saturated heterocycles. The van der Waals surface area contributed by atoms with Crippen LogP contribution in [0.4, 0.5) is 6.01 Å². The van der Waals surface area contributed by atoms with E-state index in [2.05, 4.69) is 15.5 Å². The maximum Gasteiger partial charge on any atom is 0.322 e. The zero-order valence-electron chi connectivity index (χ0n) is 10.0. The Bertz CT molecular complexity index is 449. The summed E-state index contributed by atoms with van der Waals surface area (Å²) in [6.45, 7) is 1.64. The van der Waals surface area contributed by atoms with E-state index in [-0.39, 0.29) is 23.8 Å². The highest BCUT2D eigenvalue weighted by Gasteiger charge is 2.30. The van der Waals surface area contributed by atoms with Crippen LogP contribution in [0.2, 0.25) is 0 Å². The maximum absolute atomic E-state index is 11.9. The van der Waals surface area contributed by atoms with Crippen LogP contribution in [0.3, 0.4) is 0 Å². The number of hydrogen-bond acceptors (Lipinski definition) is 5. The lowest BCUT2D eigenvalue weighted by Crippen LogP contribution is -2.29. The summed E-state index contributed by atoms with van der Waals surface area (Å²) in [6.07, 6.45) is 2.23. The van der Waals surface area contributed by atoms with Crippen molar-refractivity contribution < 1.29 is 19.1 Å². The number of anilines is 1. The summed E-state index contributed by atoms with van der Waals surface area (Å²) in [4.78, 5) is 22.7. The van der Waals surface area contributed by atoms with Crippen molar-refractivity contribution in [2.24, 2.45) is 11.8 Å². The Kier molecular flexibility index (Phi) is 3.59. The van der Waals surface area contributed by atoms with E-state index in [0.717, 1.165) is 0 Å². The first-order valence-corrected chi connectivity index (χ1v) is 5.90. The molecule has 2 N–H and O–H groups in total. The second-order valence-electron chi connectivity index (χ2n) is 4.50. The number of nitrogens with one attached hydrogen (secondary N) is 1. The van der Waals surface area contributed by atoms with Crippen LogP contribution in [0.5, 0.6) is 0 Å². The van der Waals surface area contributed by atoms with Crippen molar-refractivity contribution in [3.63, 3.8) is 0 Å². The average molecular weight is 253 g/mol. The van der Waals surface area contributed by atoms with Crippen LogP contribution in [-0.4, -0.2) is 27.2 Å². The van der Waals surface area contributed by atoms with Gasteiger partial charge >= 0.3 is 12.0 Å². The predicted molar refractivity (Wildman–Crippen MR) is 60.7 cm³/mol. The quantitative estimate of drug-likeness (QED) is 0.838. The van der Waals surface area contributed by atoms with Gasteiger partial charge in [0.25, 0.3) is 0 Å². The van der Waals surface area contributed by atoms with Gasteiger partial charge in [-0.25, -0.2) is 0 Å². The van der Waals surface area contributed by atoms with Crippen molar-refractivity contribution in [3.05, 3.63) is 5.89 Å². The molecular formula is C11H15N3O4. The molecule has 0 radical (unpaired) electrons. The zero-order chi connectivity index (χ0) is 13.1. The fourth-order valence-electron chi connectivity index (χ4n) is 2.16. The summed E-state index contributed by atoms with van der Waals surface area (Å²) in [5.74, 6) is -1.06. The highest BCUT2D eigenvalue weighted by Crippen LogP contribution is 2.29. The standard InChI is InChI=1S/C11H15N3O4/c1-6-13-14-11(18-6)12-9(15)7-2-4-8(5-3-7)10(16)17/h7-8H,2-5H2,1H3,(H,16,17)(H,12,14,15). The molecule has 1 aliphatic rings. The molecular weight excluding hydrogens is 238 g/mol. The third-order valence-electron chi connectivity index (χ3n) is 3.20. The Labute approximate surface area is 104 Å². The van der Waals surface area contributed by atoms with Gasteiger partial charge in [-0.3, -0.25) is 14.9 Å². The molecule has 1 aromatic rings. The minimum atomic E-state index is -0.776. The van der Waals surface area contributed by atoms with Crippen molar-refractivity contribution in [2.45, 2.75) is 32.6 Å². The van der Waals surface area contributed by atoms with Crippen LogP contribution in [0.25, 0.3) is 0 Å². The number of nitrogens with zero attached hydrogens (tertiary/aromatic N) is 2. The highest BCUT2D eigenvalue weighted by molar-refractivity contribution is 5.90. The minimum absolute atomic E-state index is 0.0952. The molecule has 0 aromatic carbocycles. The van der Waals surface area contributed by atoms with Gasteiger partial charge in [-0.2, -0.15) is 0 Å². The molecule has 1 saturated carbocycles. The van der Waals surface area contributed by atoms with Crippen LogP contribution in [0.15, 0.2) is 4.42 Å². The van der Waals surface area contributed by atoms with Gasteiger partial charge in [-0.15, -0.1) is 5.10 Å². The molecule has 7 heteroatoms. The summed E-state index contributed by atoms with van der Waals surface area (Å²) in [5.41, 5.74) is 0. The number of amides is 1.